The van der Waals surface area contributed by atoms with Crippen LogP contribution in [0.3, 0.4) is 0 Å². The Labute approximate surface area is 163 Å². The zero-order chi connectivity index (χ0) is 19.0. The van der Waals surface area contributed by atoms with Crippen LogP contribution in [0.5, 0.6) is 0 Å². The number of morpholine rings is 1. The summed E-state index contributed by atoms with van der Waals surface area (Å²) in [6, 6.07) is 7.82. The van der Waals surface area contributed by atoms with Crippen LogP contribution in [0.1, 0.15) is 47.0 Å². The second-order valence-corrected chi connectivity index (χ2v) is 10.4. The molecular weight excluding hydrogens is 384 g/mol. The van der Waals surface area contributed by atoms with Crippen LogP contribution < -0.4 is 5.32 Å². The van der Waals surface area contributed by atoms with Crippen LogP contribution in [0.2, 0.25) is 0 Å². The molecule has 0 bridgehead atoms. The number of ether oxygens (including phenoxy) is 1. The molecule has 146 valence electrons. The molecule has 1 saturated heterocycles. The van der Waals surface area contributed by atoms with Crippen molar-refractivity contribution in [3.05, 3.63) is 34.7 Å². The van der Waals surface area contributed by atoms with Crippen molar-refractivity contribution in [2.75, 3.05) is 26.7 Å². The summed E-state index contributed by atoms with van der Waals surface area (Å²) in [5.74, 6) is -0.162. The van der Waals surface area contributed by atoms with E-state index in [1.807, 2.05) is 24.3 Å². The van der Waals surface area contributed by atoms with Gasteiger partial charge in [-0.2, -0.15) is 4.31 Å². The number of nitrogens with one attached hydrogen (secondary N) is 1. The fourth-order valence-electron chi connectivity index (χ4n) is 4.10. The number of carbonyl (C=O) groups is 1. The van der Waals surface area contributed by atoms with E-state index in [-0.39, 0.29) is 17.7 Å². The van der Waals surface area contributed by atoms with Crippen molar-refractivity contribution in [1.29, 1.82) is 0 Å². The summed E-state index contributed by atoms with van der Waals surface area (Å²) in [6.07, 6.45) is 3.02. The number of benzene rings is 1. The van der Waals surface area contributed by atoms with Gasteiger partial charge >= 0.3 is 0 Å². The van der Waals surface area contributed by atoms with Gasteiger partial charge in [0.25, 0.3) is 5.91 Å². The highest BCUT2D eigenvalue weighted by atomic mass is 32.2. The maximum Gasteiger partial charge on any atom is 0.261 e. The lowest BCUT2D eigenvalue weighted by Gasteiger charge is -2.34. The number of thiophene rings is 1. The Kier molecular flexibility index (Phi) is 5.24. The minimum Gasteiger partial charge on any atom is -0.371 e. The number of amides is 1. The SMILES string of the molecule is CNC(=O)c1sc2ccccc2c1C1CN(S(=O)(=O)C2CCCC2)CCO1. The number of fused-ring (bicyclic) bond motifs is 1. The minimum absolute atomic E-state index is 0.162. The molecule has 1 N–H and O–H groups in total. The van der Waals surface area contributed by atoms with Crippen LogP contribution >= 0.6 is 11.3 Å². The summed E-state index contributed by atoms with van der Waals surface area (Å²) in [7, 11) is -1.72. The molecule has 0 spiro atoms. The van der Waals surface area contributed by atoms with Crippen molar-refractivity contribution in [3.63, 3.8) is 0 Å². The van der Waals surface area contributed by atoms with Crippen LogP contribution in [0.15, 0.2) is 24.3 Å². The Morgan fingerprint density at radius 1 is 1.26 bits per heavy atom. The van der Waals surface area contributed by atoms with Crippen molar-refractivity contribution in [1.82, 2.24) is 9.62 Å². The number of sulfonamides is 1. The molecule has 8 heteroatoms. The topological polar surface area (TPSA) is 75.7 Å². The number of hydrogen-bond donors (Lipinski definition) is 1. The van der Waals surface area contributed by atoms with Gasteiger partial charge in [0.1, 0.15) is 0 Å². The first-order valence-electron chi connectivity index (χ1n) is 9.36. The normalized spacial score (nSPS) is 22.3. The van der Waals surface area contributed by atoms with Crippen molar-refractivity contribution in [3.8, 4) is 0 Å². The summed E-state index contributed by atoms with van der Waals surface area (Å²) in [4.78, 5) is 13.0. The number of hydrogen-bond acceptors (Lipinski definition) is 5. The minimum atomic E-state index is -3.32. The smallest absolute Gasteiger partial charge is 0.261 e. The van der Waals surface area contributed by atoms with Gasteiger partial charge in [0.2, 0.25) is 10.0 Å². The van der Waals surface area contributed by atoms with Gasteiger partial charge in [0.05, 0.1) is 22.8 Å². The van der Waals surface area contributed by atoms with Gasteiger partial charge in [0.15, 0.2) is 0 Å². The maximum absolute atomic E-state index is 13.0. The lowest BCUT2D eigenvalue weighted by Crippen LogP contribution is -2.45. The van der Waals surface area contributed by atoms with Crippen molar-refractivity contribution in [2.45, 2.75) is 37.0 Å². The van der Waals surface area contributed by atoms with Crippen LogP contribution in [-0.2, 0) is 14.8 Å². The van der Waals surface area contributed by atoms with Crippen LogP contribution in [0.25, 0.3) is 10.1 Å². The van der Waals surface area contributed by atoms with Gasteiger partial charge < -0.3 is 10.1 Å². The van der Waals surface area contributed by atoms with E-state index in [1.165, 1.54) is 11.3 Å². The fourth-order valence-corrected chi connectivity index (χ4v) is 7.32. The fraction of sp³-hybridized carbons (Fsp3) is 0.526. The van der Waals surface area contributed by atoms with E-state index in [4.69, 9.17) is 4.74 Å². The summed E-state index contributed by atoms with van der Waals surface area (Å²) in [6.45, 7) is 0.990. The first-order chi connectivity index (χ1) is 13.0. The second-order valence-electron chi connectivity index (χ2n) is 7.09. The molecule has 1 aromatic heterocycles. The molecule has 0 radical (unpaired) electrons. The standard InChI is InChI=1S/C19H24N2O4S2/c1-20-19(22)18-17(14-8-4-5-9-16(14)26-18)15-12-21(10-11-25-15)27(23,24)13-6-2-3-7-13/h4-5,8-9,13,15H,2-3,6-7,10-12H2,1H3,(H,20,22). The molecule has 27 heavy (non-hydrogen) atoms. The highest BCUT2D eigenvalue weighted by Crippen LogP contribution is 2.39. The third-order valence-electron chi connectivity index (χ3n) is 5.50. The number of nitrogens with zero attached hydrogens (tertiary/aromatic N) is 1. The predicted molar refractivity (Wildman–Crippen MR) is 107 cm³/mol. The summed E-state index contributed by atoms with van der Waals surface area (Å²) >= 11 is 1.42. The van der Waals surface area contributed by atoms with Gasteiger partial charge in [-0.1, -0.05) is 31.0 Å². The van der Waals surface area contributed by atoms with Gasteiger partial charge in [-0.3, -0.25) is 4.79 Å². The lowest BCUT2D eigenvalue weighted by molar-refractivity contribution is -0.00218. The van der Waals surface area contributed by atoms with Crippen LogP contribution in [0.4, 0.5) is 0 Å². The molecular formula is C19H24N2O4S2. The molecule has 1 amide bonds. The number of carbonyl (C=O) groups excluding carboxylic acids is 1. The van der Waals surface area contributed by atoms with Crippen molar-refractivity contribution in [2.24, 2.45) is 0 Å². The zero-order valence-corrected chi connectivity index (χ0v) is 16.9. The highest BCUT2D eigenvalue weighted by Gasteiger charge is 2.38. The Hall–Kier alpha value is -1.48. The molecule has 4 rings (SSSR count). The predicted octanol–water partition coefficient (Wildman–Crippen LogP) is 2.91. The second kappa shape index (κ2) is 7.50. The third-order valence-corrected chi connectivity index (χ3v) is 9.05. The molecule has 2 aromatic rings. The molecule has 1 saturated carbocycles. The molecule has 2 fully saturated rings. The van der Waals surface area contributed by atoms with Gasteiger partial charge in [-0.05, 0) is 24.3 Å². The van der Waals surface area contributed by atoms with E-state index >= 15 is 0 Å². The van der Waals surface area contributed by atoms with Crippen molar-refractivity contribution >= 4 is 37.4 Å². The Balaban J connectivity index is 1.70. The molecule has 1 aliphatic heterocycles. The Morgan fingerprint density at radius 2 is 2.00 bits per heavy atom. The molecule has 2 aliphatic rings. The quantitative estimate of drug-likeness (QED) is 0.844. The van der Waals surface area contributed by atoms with Gasteiger partial charge in [-0.15, -0.1) is 11.3 Å². The molecule has 2 heterocycles. The largest absolute Gasteiger partial charge is 0.371 e. The summed E-state index contributed by atoms with van der Waals surface area (Å²) < 4.78 is 34.6. The van der Waals surface area contributed by atoms with E-state index in [0.29, 0.717) is 18.0 Å². The van der Waals surface area contributed by atoms with E-state index in [9.17, 15) is 13.2 Å². The lowest BCUT2D eigenvalue weighted by atomic mass is 10.0. The first-order valence-corrected chi connectivity index (χ1v) is 11.7. The molecule has 1 aromatic carbocycles. The molecule has 6 nitrogen and oxygen atoms in total. The number of rotatable bonds is 4. The summed E-state index contributed by atoms with van der Waals surface area (Å²) in [5.41, 5.74) is 0.807. The zero-order valence-electron chi connectivity index (χ0n) is 15.3. The average Bonchev–Trinajstić information content (AvgIpc) is 3.35. The molecule has 1 aliphatic carbocycles. The molecule has 1 atom stereocenters. The van der Waals surface area contributed by atoms with E-state index < -0.39 is 16.1 Å². The monoisotopic (exact) mass is 408 g/mol. The van der Waals surface area contributed by atoms with Crippen LogP contribution in [0, 0.1) is 0 Å². The van der Waals surface area contributed by atoms with E-state index in [1.54, 1.807) is 11.4 Å². The van der Waals surface area contributed by atoms with E-state index in [2.05, 4.69) is 5.32 Å². The highest BCUT2D eigenvalue weighted by molar-refractivity contribution is 7.89. The van der Waals surface area contributed by atoms with E-state index in [0.717, 1.165) is 41.3 Å². The average molecular weight is 409 g/mol. The van der Waals surface area contributed by atoms with Crippen LogP contribution in [-0.4, -0.2) is 50.6 Å². The maximum atomic E-state index is 13.0. The van der Waals surface area contributed by atoms with Gasteiger partial charge in [-0.25, -0.2) is 8.42 Å². The molecule has 1 unspecified atom stereocenters. The Bertz CT molecular complexity index is 948. The summed E-state index contributed by atoms with van der Waals surface area (Å²) in [5, 5.41) is 3.39. The third kappa shape index (κ3) is 3.40. The van der Waals surface area contributed by atoms with Gasteiger partial charge in [0, 0.05) is 30.4 Å². The van der Waals surface area contributed by atoms with Crippen molar-refractivity contribution < 1.29 is 17.9 Å². The first kappa shape index (κ1) is 18.9. The Morgan fingerprint density at radius 3 is 2.74 bits per heavy atom.